The number of carbonyl (C=O) groups is 2. The number of nitrogens with zero attached hydrogens (tertiary/aromatic N) is 2. The molecule has 0 fully saturated rings. The van der Waals surface area contributed by atoms with Crippen molar-refractivity contribution in [3.05, 3.63) is 0 Å². The van der Waals surface area contributed by atoms with Gasteiger partial charge in [-0.1, -0.05) is 0 Å². The number of hydrogen-bond donors (Lipinski definition) is 1. The Kier molecular flexibility index (Phi) is 8.11. The van der Waals surface area contributed by atoms with Crippen LogP contribution in [0.5, 0.6) is 0 Å². The third-order valence-electron chi connectivity index (χ3n) is 2.45. The highest BCUT2D eigenvalue weighted by Gasteiger charge is 2.19. The van der Waals surface area contributed by atoms with Crippen LogP contribution in [-0.4, -0.2) is 68.2 Å². The summed E-state index contributed by atoms with van der Waals surface area (Å²) in [7, 11) is 3.92. The SMILES string of the molecule is CCOC(=O)CNC(=O)N(CC)C(C)CN(C)C. The van der Waals surface area contributed by atoms with Crippen LogP contribution in [0, 0.1) is 0 Å². The second kappa shape index (κ2) is 8.74. The Bertz CT molecular complexity index is 269. The van der Waals surface area contributed by atoms with E-state index in [2.05, 4.69) is 5.32 Å². The van der Waals surface area contributed by atoms with Crippen LogP contribution in [0.15, 0.2) is 0 Å². The van der Waals surface area contributed by atoms with Gasteiger partial charge in [0, 0.05) is 19.1 Å². The van der Waals surface area contributed by atoms with E-state index in [1.807, 2.05) is 32.8 Å². The monoisotopic (exact) mass is 259 g/mol. The summed E-state index contributed by atoms with van der Waals surface area (Å²) in [6, 6.07) is -0.146. The van der Waals surface area contributed by atoms with E-state index in [4.69, 9.17) is 4.74 Å². The molecule has 0 aliphatic carbocycles. The second-order valence-electron chi connectivity index (χ2n) is 4.36. The Hall–Kier alpha value is -1.30. The average molecular weight is 259 g/mol. The zero-order chi connectivity index (χ0) is 14.1. The molecular formula is C12H25N3O3. The van der Waals surface area contributed by atoms with Gasteiger partial charge in [0.1, 0.15) is 6.54 Å². The molecule has 0 heterocycles. The minimum atomic E-state index is -0.415. The van der Waals surface area contributed by atoms with Crippen LogP contribution in [0.3, 0.4) is 0 Å². The molecule has 0 radical (unpaired) electrons. The summed E-state index contributed by atoms with van der Waals surface area (Å²) in [5, 5.41) is 2.57. The lowest BCUT2D eigenvalue weighted by molar-refractivity contribution is -0.141. The zero-order valence-corrected chi connectivity index (χ0v) is 12.0. The van der Waals surface area contributed by atoms with E-state index in [-0.39, 0.29) is 18.6 Å². The standard InChI is InChI=1S/C12H25N3O3/c1-6-15(10(3)9-14(4)5)12(17)13-8-11(16)18-7-2/h10H,6-9H2,1-5H3,(H,13,17). The maximum atomic E-state index is 11.9. The summed E-state index contributed by atoms with van der Waals surface area (Å²) in [6.07, 6.45) is 0. The molecule has 1 N–H and O–H groups in total. The van der Waals surface area contributed by atoms with Gasteiger partial charge in [0.2, 0.25) is 0 Å². The fourth-order valence-electron chi connectivity index (χ4n) is 1.74. The van der Waals surface area contributed by atoms with Crippen molar-refractivity contribution in [3.8, 4) is 0 Å². The van der Waals surface area contributed by atoms with Crippen LogP contribution in [0.4, 0.5) is 4.79 Å². The second-order valence-corrected chi connectivity index (χ2v) is 4.36. The van der Waals surface area contributed by atoms with Crippen molar-refractivity contribution in [2.75, 3.05) is 40.3 Å². The van der Waals surface area contributed by atoms with Crippen molar-refractivity contribution < 1.29 is 14.3 Å². The first-order chi connectivity index (χ1) is 8.42. The van der Waals surface area contributed by atoms with Gasteiger partial charge >= 0.3 is 12.0 Å². The Morgan fingerprint density at radius 3 is 2.33 bits per heavy atom. The molecule has 1 unspecified atom stereocenters. The van der Waals surface area contributed by atoms with Gasteiger partial charge < -0.3 is 19.9 Å². The van der Waals surface area contributed by atoms with Gasteiger partial charge in [0.05, 0.1) is 6.61 Å². The third-order valence-corrected chi connectivity index (χ3v) is 2.45. The summed E-state index contributed by atoms with van der Waals surface area (Å²) in [5.74, 6) is -0.415. The minimum absolute atomic E-state index is 0.0855. The van der Waals surface area contributed by atoms with Crippen molar-refractivity contribution in [3.63, 3.8) is 0 Å². The highest BCUT2D eigenvalue weighted by Crippen LogP contribution is 2.00. The molecule has 0 saturated carbocycles. The third kappa shape index (κ3) is 6.44. The number of carbonyl (C=O) groups excluding carboxylic acids is 2. The first-order valence-electron chi connectivity index (χ1n) is 6.27. The number of amides is 2. The molecule has 0 aliphatic heterocycles. The molecule has 6 nitrogen and oxygen atoms in total. The lowest BCUT2D eigenvalue weighted by Crippen LogP contribution is -2.49. The molecule has 0 aromatic rings. The molecule has 0 bridgehead atoms. The molecule has 1 atom stereocenters. The Morgan fingerprint density at radius 1 is 1.28 bits per heavy atom. The quantitative estimate of drug-likeness (QED) is 0.678. The van der Waals surface area contributed by atoms with E-state index in [1.54, 1.807) is 11.8 Å². The van der Waals surface area contributed by atoms with Crippen molar-refractivity contribution in [2.45, 2.75) is 26.8 Å². The van der Waals surface area contributed by atoms with Crippen molar-refractivity contribution in [1.29, 1.82) is 0 Å². The Balaban J connectivity index is 4.22. The molecule has 0 aromatic carbocycles. The highest BCUT2D eigenvalue weighted by molar-refractivity contribution is 5.81. The van der Waals surface area contributed by atoms with Crippen LogP contribution in [0.25, 0.3) is 0 Å². The number of rotatable bonds is 7. The molecule has 2 amide bonds. The molecular weight excluding hydrogens is 234 g/mol. The van der Waals surface area contributed by atoms with Gasteiger partial charge in [0.25, 0.3) is 0 Å². The van der Waals surface area contributed by atoms with Crippen LogP contribution in [0.2, 0.25) is 0 Å². The predicted molar refractivity (Wildman–Crippen MR) is 70.4 cm³/mol. The van der Waals surface area contributed by atoms with E-state index >= 15 is 0 Å². The fourth-order valence-corrected chi connectivity index (χ4v) is 1.74. The van der Waals surface area contributed by atoms with Gasteiger partial charge in [-0.05, 0) is 34.9 Å². The molecule has 0 aliphatic rings. The van der Waals surface area contributed by atoms with E-state index in [0.717, 1.165) is 6.54 Å². The van der Waals surface area contributed by atoms with Gasteiger partial charge in [-0.25, -0.2) is 4.79 Å². The number of urea groups is 1. The molecule has 106 valence electrons. The Morgan fingerprint density at radius 2 is 1.89 bits per heavy atom. The number of ether oxygens (including phenoxy) is 1. The van der Waals surface area contributed by atoms with Gasteiger partial charge in [0.15, 0.2) is 0 Å². The maximum Gasteiger partial charge on any atom is 0.325 e. The average Bonchev–Trinajstić information content (AvgIpc) is 2.26. The topological polar surface area (TPSA) is 61.9 Å². The molecule has 0 rings (SSSR count). The number of hydrogen-bond acceptors (Lipinski definition) is 4. The van der Waals surface area contributed by atoms with E-state index in [0.29, 0.717) is 13.2 Å². The highest BCUT2D eigenvalue weighted by atomic mass is 16.5. The van der Waals surface area contributed by atoms with Crippen molar-refractivity contribution in [1.82, 2.24) is 15.1 Å². The summed E-state index contributed by atoms with van der Waals surface area (Å²) in [5.41, 5.74) is 0. The molecule has 0 aromatic heterocycles. The first-order valence-corrected chi connectivity index (χ1v) is 6.27. The largest absolute Gasteiger partial charge is 0.465 e. The van der Waals surface area contributed by atoms with Gasteiger partial charge in [-0.15, -0.1) is 0 Å². The summed E-state index contributed by atoms with van der Waals surface area (Å²) in [6.45, 7) is 7.24. The van der Waals surface area contributed by atoms with Crippen LogP contribution in [0.1, 0.15) is 20.8 Å². The number of likely N-dealkylation sites (N-methyl/N-ethyl adjacent to an activating group) is 2. The molecule has 6 heteroatoms. The van der Waals surface area contributed by atoms with Gasteiger partial charge in [-0.3, -0.25) is 4.79 Å². The normalized spacial score (nSPS) is 12.1. The molecule has 0 saturated heterocycles. The van der Waals surface area contributed by atoms with Crippen molar-refractivity contribution in [2.24, 2.45) is 0 Å². The minimum Gasteiger partial charge on any atom is -0.465 e. The van der Waals surface area contributed by atoms with Crippen LogP contribution in [-0.2, 0) is 9.53 Å². The fraction of sp³-hybridized carbons (Fsp3) is 0.833. The molecule has 0 spiro atoms. The predicted octanol–water partition coefficient (Wildman–Crippen LogP) is 0.531. The summed E-state index contributed by atoms with van der Waals surface area (Å²) < 4.78 is 4.75. The maximum absolute atomic E-state index is 11.9. The lowest BCUT2D eigenvalue weighted by atomic mass is 10.3. The van der Waals surface area contributed by atoms with E-state index in [9.17, 15) is 9.59 Å². The lowest BCUT2D eigenvalue weighted by Gasteiger charge is -2.30. The first kappa shape index (κ1) is 16.7. The zero-order valence-electron chi connectivity index (χ0n) is 12.0. The smallest absolute Gasteiger partial charge is 0.325 e. The molecule has 18 heavy (non-hydrogen) atoms. The van der Waals surface area contributed by atoms with Crippen LogP contribution >= 0.6 is 0 Å². The summed E-state index contributed by atoms with van der Waals surface area (Å²) in [4.78, 5) is 26.8. The van der Waals surface area contributed by atoms with Crippen LogP contribution < -0.4 is 5.32 Å². The summed E-state index contributed by atoms with van der Waals surface area (Å²) >= 11 is 0. The van der Waals surface area contributed by atoms with Gasteiger partial charge in [-0.2, -0.15) is 0 Å². The van der Waals surface area contributed by atoms with Crippen molar-refractivity contribution >= 4 is 12.0 Å². The van der Waals surface area contributed by atoms with E-state index < -0.39 is 5.97 Å². The number of esters is 1. The Labute approximate surface area is 109 Å². The number of nitrogens with one attached hydrogen (secondary N) is 1. The van der Waals surface area contributed by atoms with E-state index in [1.165, 1.54) is 0 Å².